The highest BCUT2D eigenvalue weighted by atomic mass is 32.1. The number of nitrogens with zero attached hydrogens (tertiary/aromatic N) is 1. The fraction of sp³-hybridized carbons (Fsp3) is 0.600. The van der Waals surface area contributed by atoms with Crippen molar-refractivity contribution < 1.29 is 4.79 Å². The highest BCUT2D eigenvalue weighted by Gasteiger charge is 2.42. The number of nitrogens with one attached hydrogen (secondary N) is 1. The van der Waals surface area contributed by atoms with Crippen molar-refractivity contribution in [1.82, 2.24) is 4.98 Å². The van der Waals surface area contributed by atoms with Gasteiger partial charge in [0.25, 0.3) is 0 Å². The third kappa shape index (κ3) is 2.72. The van der Waals surface area contributed by atoms with Gasteiger partial charge < -0.3 is 5.32 Å². The molecule has 0 unspecified atom stereocenters. The lowest BCUT2D eigenvalue weighted by Crippen LogP contribution is -2.18. The van der Waals surface area contributed by atoms with Gasteiger partial charge in [-0.2, -0.15) is 12.6 Å². The van der Waals surface area contributed by atoms with E-state index in [9.17, 15) is 4.79 Å². The van der Waals surface area contributed by atoms with Crippen LogP contribution >= 0.6 is 24.0 Å². The molecule has 3 nitrogen and oxygen atoms in total. The minimum Gasteiger partial charge on any atom is -0.302 e. The summed E-state index contributed by atoms with van der Waals surface area (Å²) in [5.74, 6) is 0.869. The monoisotopic (exact) mass is 242 g/mol. The van der Waals surface area contributed by atoms with E-state index in [2.05, 4.69) is 22.9 Å². The van der Waals surface area contributed by atoms with E-state index in [0.717, 1.165) is 24.3 Å². The lowest BCUT2D eigenvalue weighted by Gasteiger charge is -2.09. The summed E-state index contributed by atoms with van der Waals surface area (Å²) in [6.07, 6.45) is 2.83. The fourth-order valence-electron chi connectivity index (χ4n) is 1.48. The van der Waals surface area contributed by atoms with Gasteiger partial charge >= 0.3 is 0 Å². The number of thiazole rings is 1. The molecular formula is C10H14N2OS2. The van der Waals surface area contributed by atoms with Crippen molar-refractivity contribution in [3.8, 4) is 0 Å². The first-order valence-electron chi connectivity index (χ1n) is 4.96. The molecule has 1 saturated carbocycles. The summed E-state index contributed by atoms with van der Waals surface area (Å²) >= 11 is 5.75. The topological polar surface area (TPSA) is 42.0 Å². The average molecular weight is 242 g/mol. The van der Waals surface area contributed by atoms with Crippen molar-refractivity contribution in [2.45, 2.75) is 26.2 Å². The van der Waals surface area contributed by atoms with Crippen molar-refractivity contribution in [1.29, 1.82) is 0 Å². The Morgan fingerprint density at radius 2 is 2.47 bits per heavy atom. The minimum absolute atomic E-state index is 0.0656. The SMILES string of the molecule is Cc1csc(NC(=O)CC2(CS)CC2)n1. The molecule has 0 aromatic carbocycles. The highest BCUT2D eigenvalue weighted by Crippen LogP contribution is 2.49. The van der Waals surface area contributed by atoms with Crippen molar-refractivity contribution in [3.63, 3.8) is 0 Å². The fourth-order valence-corrected chi connectivity index (χ4v) is 2.62. The Morgan fingerprint density at radius 1 is 1.73 bits per heavy atom. The summed E-state index contributed by atoms with van der Waals surface area (Å²) < 4.78 is 0. The van der Waals surface area contributed by atoms with Crippen LogP contribution in [0, 0.1) is 12.3 Å². The first-order valence-corrected chi connectivity index (χ1v) is 6.48. The van der Waals surface area contributed by atoms with E-state index >= 15 is 0 Å². The molecule has 1 aliphatic rings. The molecule has 1 N–H and O–H groups in total. The summed E-state index contributed by atoms with van der Waals surface area (Å²) in [7, 11) is 0. The van der Waals surface area contributed by atoms with E-state index in [0.29, 0.717) is 11.6 Å². The number of hydrogen-bond donors (Lipinski definition) is 2. The van der Waals surface area contributed by atoms with Gasteiger partial charge in [0, 0.05) is 11.8 Å². The van der Waals surface area contributed by atoms with E-state index in [1.807, 2.05) is 12.3 Å². The number of carbonyl (C=O) groups excluding carboxylic acids is 1. The lowest BCUT2D eigenvalue weighted by molar-refractivity contribution is -0.117. The van der Waals surface area contributed by atoms with Crippen LogP contribution in [0.5, 0.6) is 0 Å². The Hall–Kier alpha value is -0.550. The van der Waals surface area contributed by atoms with E-state index in [-0.39, 0.29) is 11.3 Å². The zero-order chi connectivity index (χ0) is 10.9. The van der Waals surface area contributed by atoms with Crippen molar-refractivity contribution in [2.24, 2.45) is 5.41 Å². The molecular weight excluding hydrogens is 228 g/mol. The number of thiol groups is 1. The second-order valence-electron chi connectivity index (χ2n) is 4.18. The Bertz CT molecular complexity index is 371. The summed E-state index contributed by atoms with van der Waals surface area (Å²) in [5.41, 5.74) is 1.13. The van der Waals surface area contributed by atoms with Gasteiger partial charge in [-0.1, -0.05) is 0 Å². The van der Waals surface area contributed by atoms with Crippen LogP contribution in [0.25, 0.3) is 0 Å². The molecule has 15 heavy (non-hydrogen) atoms. The number of aryl methyl sites for hydroxylation is 1. The van der Waals surface area contributed by atoms with Gasteiger partial charge in [0.2, 0.25) is 5.91 Å². The van der Waals surface area contributed by atoms with Gasteiger partial charge in [-0.15, -0.1) is 11.3 Å². The van der Waals surface area contributed by atoms with Crippen LogP contribution in [0.4, 0.5) is 5.13 Å². The quantitative estimate of drug-likeness (QED) is 0.797. The standard InChI is InChI=1S/C10H14N2OS2/c1-7-5-15-9(11-7)12-8(13)4-10(6-14)2-3-10/h5,14H,2-4,6H2,1H3,(H,11,12,13). The number of amides is 1. The number of anilines is 1. The Labute approximate surface area is 98.7 Å². The Balaban J connectivity index is 1.87. The zero-order valence-electron chi connectivity index (χ0n) is 8.62. The molecule has 0 spiro atoms. The van der Waals surface area contributed by atoms with Gasteiger partial charge in [0.1, 0.15) is 0 Å². The van der Waals surface area contributed by atoms with Gasteiger partial charge in [-0.25, -0.2) is 4.98 Å². The Morgan fingerprint density at radius 3 is 2.93 bits per heavy atom. The summed E-state index contributed by atoms with van der Waals surface area (Å²) in [6, 6.07) is 0. The average Bonchev–Trinajstić information content (AvgIpc) is 2.84. The van der Waals surface area contributed by atoms with Crippen LogP contribution < -0.4 is 5.32 Å². The minimum atomic E-state index is 0.0656. The van der Waals surface area contributed by atoms with Crippen LogP contribution in [0.15, 0.2) is 5.38 Å². The van der Waals surface area contributed by atoms with E-state index in [1.165, 1.54) is 11.3 Å². The van der Waals surface area contributed by atoms with Crippen molar-refractivity contribution in [2.75, 3.05) is 11.1 Å². The summed E-state index contributed by atoms with van der Waals surface area (Å²) in [4.78, 5) is 15.9. The normalized spacial score (nSPS) is 17.5. The molecule has 1 heterocycles. The third-order valence-electron chi connectivity index (χ3n) is 2.69. The maximum atomic E-state index is 11.7. The second-order valence-corrected chi connectivity index (χ2v) is 5.35. The Kier molecular flexibility index (Phi) is 3.02. The van der Waals surface area contributed by atoms with Crippen LogP contribution in [-0.4, -0.2) is 16.6 Å². The molecule has 82 valence electrons. The molecule has 5 heteroatoms. The first-order chi connectivity index (χ1) is 7.13. The van der Waals surface area contributed by atoms with Gasteiger partial charge in [0.05, 0.1) is 5.69 Å². The molecule has 1 amide bonds. The molecule has 1 aromatic heterocycles. The molecule has 0 radical (unpaired) electrons. The smallest absolute Gasteiger partial charge is 0.226 e. The highest BCUT2D eigenvalue weighted by molar-refractivity contribution is 7.80. The molecule has 1 aromatic rings. The van der Waals surface area contributed by atoms with Crippen LogP contribution in [0.1, 0.15) is 25.0 Å². The molecule has 1 fully saturated rings. The predicted octanol–water partition coefficient (Wildman–Crippen LogP) is 2.49. The second kappa shape index (κ2) is 4.14. The van der Waals surface area contributed by atoms with Crippen LogP contribution in [-0.2, 0) is 4.79 Å². The first kappa shape index (κ1) is 11.0. The largest absolute Gasteiger partial charge is 0.302 e. The number of carbonyl (C=O) groups is 1. The zero-order valence-corrected chi connectivity index (χ0v) is 10.3. The molecule has 0 aliphatic heterocycles. The molecule has 2 rings (SSSR count). The van der Waals surface area contributed by atoms with Gasteiger partial charge in [-0.05, 0) is 30.9 Å². The number of rotatable bonds is 4. The number of aromatic nitrogens is 1. The van der Waals surface area contributed by atoms with E-state index in [4.69, 9.17) is 0 Å². The third-order valence-corrected chi connectivity index (χ3v) is 4.24. The molecule has 0 saturated heterocycles. The number of hydrogen-bond acceptors (Lipinski definition) is 4. The maximum Gasteiger partial charge on any atom is 0.226 e. The van der Waals surface area contributed by atoms with Crippen molar-refractivity contribution in [3.05, 3.63) is 11.1 Å². The summed E-state index contributed by atoms with van der Waals surface area (Å²) in [6.45, 7) is 1.92. The molecule has 0 bridgehead atoms. The van der Waals surface area contributed by atoms with E-state index in [1.54, 1.807) is 0 Å². The van der Waals surface area contributed by atoms with Gasteiger partial charge in [-0.3, -0.25) is 4.79 Å². The predicted molar refractivity (Wildman–Crippen MR) is 65.6 cm³/mol. The van der Waals surface area contributed by atoms with E-state index < -0.39 is 0 Å². The summed E-state index contributed by atoms with van der Waals surface area (Å²) in [5, 5.41) is 5.46. The molecule has 0 atom stereocenters. The van der Waals surface area contributed by atoms with Crippen LogP contribution in [0.2, 0.25) is 0 Å². The maximum absolute atomic E-state index is 11.7. The van der Waals surface area contributed by atoms with Gasteiger partial charge in [0.15, 0.2) is 5.13 Å². The van der Waals surface area contributed by atoms with Crippen molar-refractivity contribution >= 4 is 35.0 Å². The lowest BCUT2D eigenvalue weighted by atomic mass is 10.1. The molecule has 1 aliphatic carbocycles. The van der Waals surface area contributed by atoms with Crippen LogP contribution in [0.3, 0.4) is 0 Å².